The van der Waals surface area contributed by atoms with Crippen molar-refractivity contribution in [1.29, 1.82) is 5.26 Å². The second kappa shape index (κ2) is 3.93. The number of nitrogens with one attached hydrogen (secondary N) is 1. The van der Waals surface area contributed by atoms with Gasteiger partial charge in [-0.15, -0.1) is 0 Å². The summed E-state index contributed by atoms with van der Waals surface area (Å²) >= 11 is 0. The Balaban J connectivity index is 2.40. The minimum atomic E-state index is 0.681. The van der Waals surface area contributed by atoms with Gasteiger partial charge in [-0.3, -0.25) is 4.99 Å². The SMILES string of the molecule is N#Cc1ccccc1C1=NCCCN1. The van der Waals surface area contributed by atoms with Crippen LogP contribution in [-0.4, -0.2) is 18.9 Å². The van der Waals surface area contributed by atoms with Crippen molar-refractivity contribution in [2.75, 3.05) is 13.1 Å². The molecule has 0 unspecified atom stereocenters. The van der Waals surface area contributed by atoms with E-state index in [1.165, 1.54) is 0 Å². The lowest BCUT2D eigenvalue weighted by atomic mass is 10.1. The number of nitrogens with zero attached hydrogens (tertiary/aromatic N) is 2. The molecule has 0 bridgehead atoms. The quantitative estimate of drug-likeness (QED) is 0.716. The van der Waals surface area contributed by atoms with Crippen LogP contribution in [0.5, 0.6) is 0 Å². The molecule has 0 radical (unpaired) electrons. The summed E-state index contributed by atoms with van der Waals surface area (Å²) < 4.78 is 0. The van der Waals surface area contributed by atoms with E-state index in [-0.39, 0.29) is 0 Å². The molecule has 1 aliphatic rings. The molecule has 0 aliphatic carbocycles. The van der Waals surface area contributed by atoms with Crippen molar-refractivity contribution in [1.82, 2.24) is 5.32 Å². The molecule has 3 nitrogen and oxygen atoms in total. The lowest BCUT2D eigenvalue weighted by molar-refractivity contribution is 0.742. The van der Waals surface area contributed by atoms with E-state index in [2.05, 4.69) is 16.4 Å². The summed E-state index contributed by atoms with van der Waals surface area (Å²) in [5.74, 6) is 0.855. The summed E-state index contributed by atoms with van der Waals surface area (Å²) in [6.07, 6.45) is 1.07. The lowest BCUT2D eigenvalue weighted by Gasteiger charge is -2.15. The first-order valence-corrected chi connectivity index (χ1v) is 4.69. The van der Waals surface area contributed by atoms with Crippen LogP contribution in [0.1, 0.15) is 17.5 Å². The summed E-state index contributed by atoms with van der Waals surface area (Å²) in [5, 5.41) is 12.1. The van der Waals surface area contributed by atoms with Crippen LogP contribution in [0.25, 0.3) is 0 Å². The van der Waals surface area contributed by atoms with Gasteiger partial charge in [0.05, 0.1) is 11.6 Å². The third-order valence-corrected chi connectivity index (χ3v) is 2.20. The molecular formula is C11H11N3. The first-order valence-electron chi connectivity index (χ1n) is 4.69. The highest BCUT2D eigenvalue weighted by Crippen LogP contribution is 2.09. The van der Waals surface area contributed by atoms with E-state index in [1.807, 2.05) is 24.3 Å². The van der Waals surface area contributed by atoms with Crippen LogP contribution in [0.15, 0.2) is 29.3 Å². The number of nitriles is 1. The van der Waals surface area contributed by atoms with E-state index >= 15 is 0 Å². The van der Waals surface area contributed by atoms with Gasteiger partial charge in [0, 0.05) is 18.7 Å². The molecule has 0 aromatic heterocycles. The highest BCUT2D eigenvalue weighted by atomic mass is 15.0. The van der Waals surface area contributed by atoms with Crippen molar-refractivity contribution in [3.05, 3.63) is 35.4 Å². The van der Waals surface area contributed by atoms with Gasteiger partial charge in [-0.25, -0.2) is 0 Å². The van der Waals surface area contributed by atoms with Crippen LogP contribution < -0.4 is 5.32 Å². The van der Waals surface area contributed by atoms with Crippen LogP contribution in [0.4, 0.5) is 0 Å². The highest BCUT2D eigenvalue weighted by Gasteiger charge is 2.10. The van der Waals surface area contributed by atoms with Gasteiger partial charge in [-0.05, 0) is 18.6 Å². The highest BCUT2D eigenvalue weighted by molar-refractivity contribution is 6.01. The standard InChI is InChI=1S/C11H11N3/c12-8-9-4-1-2-5-10(9)11-13-6-3-7-14-11/h1-2,4-5H,3,6-7H2,(H,13,14). The molecule has 1 aromatic rings. The Labute approximate surface area is 83.1 Å². The van der Waals surface area contributed by atoms with Crippen molar-refractivity contribution in [2.45, 2.75) is 6.42 Å². The van der Waals surface area contributed by atoms with E-state index in [0.29, 0.717) is 5.56 Å². The number of rotatable bonds is 1. The molecule has 0 fully saturated rings. The van der Waals surface area contributed by atoms with Crippen LogP contribution in [0.2, 0.25) is 0 Å². The molecule has 1 aromatic carbocycles. The maximum Gasteiger partial charge on any atom is 0.129 e. The summed E-state index contributed by atoms with van der Waals surface area (Å²) in [7, 11) is 0. The van der Waals surface area contributed by atoms with E-state index in [0.717, 1.165) is 30.9 Å². The Morgan fingerprint density at radius 3 is 2.93 bits per heavy atom. The second-order valence-corrected chi connectivity index (χ2v) is 3.17. The normalized spacial score (nSPS) is 15.2. The molecule has 0 amide bonds. The molecule has 1 N–H and O–H groups in total. The van der Waals surface area contributed by atoms with E-state index in [4.69, 9.17) is 5.26 Å². The molecule has 0 atom stereocenters. The fourth-order valence-corrected chi connectivity index (χ4v) is 1.50. The van der Waals surface area contributed by atoms with Gasteiger partial charge in [0.2, 0.25) is 0 Å². The van der Waals surface area contributed by atoms with Crippen molar-refractivity contribution in [3.8, 4) is 6.07 Å². The molecule has 0 spiro atoms. The summed E-state index contributed by atoms with van der Waals surface area (Å²) in [6, 6.07) is 9.70. The average Bonchev–Trinajstić information content (AvgIpc) is 2.30. The predicted molar refractivity (Wildman–Crippen MR) is 55.2 cm³/mol. The zero-order chi connectivity index (χ0) is 9.80. The van der Waals surface area contributed by atoms with E-state index in [9.17, 15) is 0 Å². The number of aliphatic imine (C=N–C) groups is 1. The van der Waals surface area contributed by atoms with Crippen LogP contribution >= 0.6 is 0 Å². The lowest BCUT2D eigenvalue weighted by Crippen LogP contribution is -2.30. The summed E-state index contributed by atoms with van der Waals surface area (Å²) in [4.78, 5) is 4.36. The van der Waals surface area contributed by atoms with Crippen LogP contribution in [0, 0.1) is 11.3 Å². The molecular weight excluding hydrogens is 174 g/mol. The van der Waals surface area contributed by atoms with Crippen molar-refractivity contribution in [3.63, 3.8) is 0 Å². The Morgan fingerprint density at radius 1 is 1.36 bits per heavy atom. The Hall–Kier alpha value is -1.82. The van der Waals surface area contributed by atoms with Gasteiger partial charge in [0.1, 0.15) is 5.84 Å². The molecule has 3 heteroatoms. The van der Waals surface area contributed by atoms with Gasteiger partial charge in [-0.2, -0.15) is 5.26 Å². The molecule has 1 aliphatic heterocycles. The third kappa shape index (κ3) is 1.60. The van der Waals surface area contributed by atoms with Crippen molar-refractivity contribution >= 4 is 5.84 Å². The van der Waals surface area contributed by atoms with E-state index < -0.39 is 0 Å². The van der Waals surface area contributed by atoms with E-state index in [1.54, 1.807) is 0 Å². The Bertz CT molecular complexity index is 401. The van der Waals surface area contributed by atoms with Gasteiger partial charge < -0.3 is 5.32 Å². The largest absolute Gasteiger partial charge is 0.370 e. The molecule has 0 saturated carbocycles. The first-order chi connectivity index (χ1) is 6.92. The fourth-order valence-electron chi connectivity index (χ4n) is 1.50. The Morgan fingerprint density at radius 2 is 2.21 bits per heavy atom. The van der Waals surface area contributed by atoms with Crippen LogP contribution in [-0.2, 0) is 0 Å². The van der Waals surface area contributed by atoms with Crippen molar-refractivity contribution in [2.24, 2.45) is 4.99 Å². The summed E-state index contributed by atoms with van der Waals surface area (Å²) in [6.45, 7) is 1.79. The fraction of sp³-hybridized carbons (Fsp3) is 0.273. The van der Waals surface area contributed by atoms with Gasteiger partial charge in [0.15, 0.2) is 0 Å². The number of benzene rings is 1. The second-order valence-electron chi connectivity index (χ2n) is 3.17. The average molecular weight is 185 g/mol. The monoisotopic (exact) mass is 185 g/mol. The molecule has 0 saturated heterocycles. The van der Waals surface area contributed by atoms with Gasteiger partial charge in [-0.1, -0.05) is 12.1 Å². The zero-order valence-corrected chi connectivity index (χ0v) is 7.83. The Kier molecular flexibility index (Phi) is 2.46. The maximum absolute atomic E-state index is 8.92. The van der Waals surface area contributed by atoms with Crippen LogP contribution in [0.3, 0.4) is 0 Å². The zero-order valence-electron chi connectivity index (χ0n) is 7.83. The van der Waals surface area contributed by atoms with Gasteiger partial charge >= 0.3 is 0 Å². The van der Waals surface area contributed by atoms with Gasteiger partial charge in [0.25, 0.3) is 0 Å². The number of hydrogen-bond donors (Lipinski definition) is 1. The third-order valence-electron chi connectivity index (χ3n) is 2.20. The van der Waals surface area contributed by atoms with Crippen molar-refractivity contribution < 1.29 is 0 Å². The molecule has 1 heterocycles. The summed E-state index contributed by atoms with van der Waals surface area (Å²) in [5.41, 5.74) is 1.59. The molecule has 70 valence electrons. The predicted octanol–water partition coefficient (Wildman–Crippen LogP) is 1.30. The topological polar surface area (TPSA) is 48.2 Å². The molecule has 14 heavy (non-hydrogen) atoms. The molecule has 2 rings (SSSR count). The first kappa shape index (κ1) is 8.76. The smallest absolute Gasteiger partial charge is 0.129 e. The number of hydrogen-bond acceptors (Lipinski definition) is 3. The number of amidine groups is 1. The minimum Gasteiger partial charge on any atom is -0.370 e. The maximum atomic E-state index is 8.92. The minimum absolute atomic E-state index is 0.681.